The Morgan fingerprint density at radius 1 is 1.06 bits per heavy atom. The summed E-state index contributed by atoms with van der Waals surface area (Å²) >= 11 is 1.29. The fraction of sp³-hybridized carbons (Fsp3) is 0.333. The zero-order valence-corrected chi connectivity index (χ0v) is 21.5. The molecule has 9 nitrogen and oxygen atoms in total. The first-order chi connectivity index (χ1) is 16.7. The van der Waals surface area contributed by atoms with Gasteiger partial charge in [-0.1, -0.05) is 0 Å². The second-order valence-corrected chi connectivity index (χ2v) is 11.0. The van der Waals surface area contributed by atoms with E-state index in [1.807, 2.05) is 31.4 Å². The molecule has 0 aliphatic carbocycles. The van der Waals surface area contributed by atoms with Gasteiger partial charge in [0, 0.05) is 29.6 Å². The van der Waals surface area contributed by atoms with Crippen LogP contribution in [0, 0.1) is 0 Å². The molecule has 0 saturated carbocycles. The first-order valence-electron chi connectivity index (χ1n) is 11.0. The lowest BCUT2D eigenvalue weighted by Crippen LogP contribution is -2.48. The van der Waals surface area contributed by atoms with E-state index >= 15 is 0 Å². The second kappa shape index (κ2) is 10.3. The van der Waals surface area contributed by atoms with Crippen LogP contribution in [0.15, 0.2) is 52.7 Å². The molecule has 1 aromatic heterocycles. The number of methoxy groups -OCH3 is 2. The number of rotatable bonds is 7. The number of sulfonamides is 1. The molecule has 1 N–H and O–H groups in total. The van der Waals surface area contributed by atoms with Gasteiger partial charge in [0.25, 0.3) is 5.91 Å². The maximum Gasteiger partial charge on any atom is 0.257 e. The molecule has 1 saturated heterocycles. The average molecular weight is 518 g/mol. The summed E-state index contributed by atoms with van der Waals surface area (Å²) in [4.78, 5) is 17.4. The van der Waals surface area contributed by atoms with Crippen molar-refractivity contribution in [1.29, 1.82) is 0 Å². The van der Waals surface area contributed by atoms with Gasteiger partial charge in [0.1, 0.15) is 0 Å². The second-order valence-electron chi connectivity index (χ2n) is 8.17. The molecular weight excluding hydrogens is 490 g/mol. The van der Waals surface area contributed by atoms with E-state index in [2.05, 4.69) is 10.3 Å². The summed E-state index contributed by atoms with van der Waals surface area (Å²) in [6.07, 6.45) is -0.360. The maximum absolute atomic E-state index is 13.0. The topological polar surface area (TPSA) is 107 Å². The first kappa shape index (κ1) is 25.1. The normalized spacial score (nSPS) is 18.7. The monoisotopic (exact) mass is 517 g/mol. The van der Waals surface area contributed by atoms with E-state index < -0.39 is 10.0 Å². The lowest BCUT2D eigenvalue weighted by Gasteiger charge is -2.34. The molecule has 2 unspecified atom stereocenters. The first-order valence-corrected chi connectivity index (χ1v) is 13.3. The Morgan fingerprint density at radius 2 is 1.71 bits per heavy atom. The maximum atomic E-state index is 13.0. The van der Waals surface area contributed by atoms with E-state index in [1.165, 1.54) is 39.9 Å². The van der Waals surface area contributed by atoms with E-state index in [9.17, 15) is 13.2 Å². The summed E-state index contributed by atoms with van der Waals surface area (Å²) in [5.41, 5.74) is 1.83. The molecule has 2 heterocycles. The fourth-order valence-electron chi connectivity index (χ4n) is 3.88. The largest absolute Gasteiger partial charge is 0.493 e. The zero-order valence-electron chi connectivity index (χ0n) is 19.8. The molecule has 35 heavy (non-hydrogen) atoms. The Balaban J connectivity index is 1.45. The van der Waals surface area contributed by atoms with Gasteiger partial charge in [-0.2, -0.15) is 4.31 Å². The lowest BCUT2D eigenvalue weighted by molar-refractivity contribution is -0.0440. The van der Waals surface area contributed by atoms with Gasteiger partial charge in [-0.15, -0.1) is 11.3 Å². The van der Waals surface area contributed by atoms with Crippen LogP contribution in [0.3, 0.4) is 0 Å². The van der Waals surface area contributed by atoms with Crippen LogP contribution in [0.25, 0.3) is 11.3 Å². The van der Waals surface area contributed by atoms with E-state index in [1.54, 1.807) is 20.3 Å². The number of thiazole rings is 1. The smallest absolute Gasteiger partial charge is 0.257 e. The Bertz CT molecular complexity index is 1300. The molecule has 3 aromatic rings. The molecule has 1 amide bonds. The number of benzene rings is 2. The van der Waals surface area contributed by atoms with Crippen molar-refractivity contribution in [3.05, 3.63) is 53.4 Å². The highest BCUT2D eigenvalue weighted by atomic mass is 32.2. The molecule has 2 aromatic carbocycles. The molecule has 0 radical (unpaired) electrons. The number of anilines is 1. The minimum Gasteiger partial charge on any atom is -0.493 e. The van der Waals surface area contributed by atoms with Gasteiger partial charge in [-0.3, -0.25) is 10.1 Å². The molecule has 2 atom stereocenters. The Hall–Kier alpha value is -2.99. The number of carbonyl (C=O) groups excluding carboxylic acids is 1. The third-order valence-corrected chi connectivity index (χ3v) is 8.15. The standard InChI is InChI=1S/C24H27N3O6S2/c1-15-12-27(13-16(2)33-15)35(29,30)19-8-5-17(6-9-19)23(28)26-24-25-20(14-34-24)18-7-10-21(31-3)22(11-18)32-4/h5-11,14-16H,12-13H2,1-4H3,(H,25,26,28). The quantitative estimate of drug-likeness (QED) is 0.507. The molecular formula is C24H27N3O6S2. The van der Waals surface area contributed by atoms with Gasteiger partial charge in [0.05, 0.1) is 37.0 Å². The molecule has 186 valence electrons. The van der Waals surface area contributed by atoms with Crippen LogP contribution in [0.1, 0.15) is 24.2 Å². The highest BCUT2D eigenvalue weighted by Crippen LogP contribution is 2.33. The highest BCUT2D eigenvalue weighted by Gasteiger charge is 2.32. The van der Waals surface area contributed by atoms with Crippen LogP contribution in [0.2, 0.25) is 0 Å². The third kappa shape index (κ3) is 5.48. The molecule has 0 bridgehead atoms. The zero-order chi connectivity index (χ0) is 25.2. The van der Waals surface area contributed by atoms with Gasteiger partial charge < -0.3 is 14.2 Å². The highest BCUT2D eigenvalue weighted by molar-refractivity contribution is 7.89. The fourth-order valence-corrected chi connectivity index (χ4v) is 6.19. The van der Waals surface area contributed by atoms with Crippen molar-refractivity contribution >= 4 is 32.4 Å². The SMILES string of the molecule is COc1ccc(-c2csc(NC(=O)c3ccc(S(=O)(=O)N4CC(C)OC(C)C4)cc3)n2)cc1OC. The van der Waals surface area contributed by atoms with Gasteiger partial charge in [0.2, 0.25) is 10.0 Å². The van der Waals surface area contributed by atoms with Crippen molar-refractivity contribution in [3.63, 3.8) is 0 Å². The minimum atomic E-state index is -3.68. The van der Waals surface area contributed by atoms with Crippen LogP contribution >= 0.6 is 11.3 Å². The van der Waals surface area contributed by atoms with E-state index in [0.717, 1.165) is 5.56 Å². The van der Waals surface area contributed by atoms with Crippen molar-refractivity contribution in [3.8, 4) is 22.8 Å². The van der Waals surface area contributed by atoms with Crippen LogP contribution in [-0.2, 0) is 14.8 Å². The number of carbonyl (C=O) groups is 1. The van der Waals surface area contributed by atoms with Crippen molar-refractivity contribution < 1.29 is 27.4 Å². The number of ether oxygens (including phenoxy) is 3. The Labute approximate surface area is 208 Å². The van der Waals surface area contributed by atoms with Crippen LogP contribution in [0.4, 0.5) is 5.13 Å². The summed E-state index contributed by atoms with van der Waals surface area (Å²) in [5, 5.41) is 5.02. The summed E-state index contributed by atoms with van der Waals surface area (Å²) in [6, 6.07) is 11.4. The van der Waals surface area contributed by atoms with Gasteiger partial charge in [-0.05, 0) is 56.3 Å². The number of nitrogens with one attached hydrogen (secondary N) is 1. The Morgan fingerprint density at radius 3 is 2.34 bits per heavy atom. The van der Waals surface area contributed by atoms with Crippen molar-refractivity contribution in [2.75, 3.05) is 32.6 Å². The van der Waals surface area contributed by atoms with E-state index in [0.29, 0.717) is 41.0 Å². The number of aromatic nitrogens is 1. The summed E-state index contributed by atoms with van der Waals surface area (Å²) < 4.78 is 43.7. The molecule has 0 spiro atoms. The molecule has 1 aliphatic heterocycles. The molecule has 1 fully saturated rings. The van der Waals surface area contributed by atoms with Crippen LogP contribution in [-0.4, -0.2) is 63.1 Å². The van der Waals surface area contributed by atoms with Gasteiger partial charge in [-0.25, -0.2) is 13.4 Å². The number of morpholine rings is 1. The molecule has 4 rings (SSSR count). The number of hydrogen-bond donors (Lipinski definition) is 1. The van der Waals surface area contributed by atoms with Crippen molar-refractivity contribution in [2.45, 2.75) is 31.0 Å². The Kier molecular flexibility index (Phi) is 7.41. The van der Waals surface area contributed by atoms with Crippen LogP contribution in [0.5, 0.6) is 11.5 Å². The van der Waals surface area contributed by atoms with Gasteiger partial charge >= 0.3 is 0 Å². The molecule has 11 heteroatoms. The molecule has 1 aliphatic rings. The number of amides is 1. The lowest BCUT2D eigenvalue weighted by atomic mass is 10.1. The summed E-state index contributed by atoms with van der Waals surface area (Å²) in [7, 11) is -0.544. The van der Waals surface area contributed by atoms with Crippen molar-refractivity contribution in [2.24, 2.45) is 0 Å². The summed E-state index contributed by atoms with van der Waals surface area (Å²) in [6.45, 7) is 4.28. The summed E-state index contributed by atoms with van der Waals surface area (Å²) in [5.74, 6) is 0.818. The predicted octanol–water partition coefficient (Wildman–Crippen LogP) is 3.88. The van der Waals surface area contributed by atoms with E-state index in [4.69, 9.17) is 14.2 Å². The average Bonchev–Trinajstić information content (AvgIpc) is 3.31. The van der Waals surface area contributed by atoms with Gasteiger partial charge in [0.15, 0.2) is 16.6 Å². The third-order valence-electron chi connectivity index (χ3n) is 5.54. The van der Waals surface area contributed by atoms with Crippen molar-refractivity contribution in [1.82, 2.24) is 9.29 Å². The minimum absolute atomic E-state index is 0.139. The number of hydrogen-bond acceptors (Lipinski definition) is 8. The number of nitrogens with zero attached hydrogens (tertiary/aromatic N) is 2. The van der Waals surface area contributed by atoms with Crippen LogP contribution < -0.4 is 14.8 Å². The predicted molar refractivity (Wildman–Crippen MR) is 134 cm³/mol. The van der Waals surface area contributed by atoms with E-state index in [-0.39, 0.29) is 23.0 Å².